The van der Waals surface area contributed by atoms with Crippen molar-refractivity contribution in [1.82, 2.24) is 20.1 Å². The molecule has 0 amide bonds. The van der Waals surface area contributed by atoms with E-state index in [0.717, 1.165) is 18.9 Å². The Kier molecular flexibility index (Phi) is 4.05. The van der Waals surface area contributed by atoms with Gasteiger partial charge in [-0.25, -0.2) is 9.67 Å². The largest absolute Gasteiger partial charge is 0.307 e. The fourth-order valence-corrected chi connectivity index (χ4v) is 2.77. The number of nitrogens with zero attached hydrogens (tertiary/aromatic N) is 3. The lowest BCUT2D eigenvalue weighted by Crippen LogP contribution is -2.28. The quantitative estimate of drug-likeness (QED) is 0.873. The zero-order valence-electron chi connectivity index (χ0n) is 12.1. The highest BCUT2D eigenvalue weighted by molar-refractivity contribution is 4.90. The van der Waals surface area contributed by atoms with Gasteiger partial charge in [-0.15, -0.1) is 0 Å². The first-order chi connectivity index (χ1) is 8.46. The molecule has 1 unspecified atom stereocenters. The Morgan fingerprint density at radius 3 is 2.89 bits per heavy atom. The first-order valence-electron chi connectivity index (χ1n) is 7.06. The molecule has 0 spiro atoms. The summed E-state index contributed by atoms with van der Waals surface area (Å²) in [6.07, 6.45) is 5.54. The van der Waals surface area contributed by atoms with Gasteiger partial charge in [0.2, 0.25) is 0 Å². The molecule has 102 valence electrons. The molecule has 4 nitrogen and oxygen atoms in total. The van der Waals surface area contributed by atoms with Crippen LogP contribution in [0.3, 0.4) is 0 Å². The molecule has 0 aliphatic heterocycles. The smallest absolute Gasteiger partial charge is 0.140 e. The molecule has 1 saturated carbocycles. The molecular weight excluding hydrogens is 224 g/mol. The third-order valence-corrected chi connectivity index (χ3v) is 3.75. The molecule has 1 aromatic rings. The van der Waals surface area contributed by atoms with Crippen molar-refractivity contribution in [3.8, 4) is 0 Å². The highest BCUT2D eigenvalue weighted by Crippen LogP contribution is 2.36. The Hall–Kier alpha value is -0.900. The Balaban J connectivity index is 1.85. The molecule has 0 aromatic carbocycles. The molecule has 4 heteroatoms. The van der Waals surface area contributed by atoms with Gasteiger partial charge in [-0.3, -0.25) is 0 Å². The van der Waals surface area contributed by atoms with Crippen LogP contribution in [0.15, 0.2) is 6.33 Å². The fraction of sp³-hybridized carbons (Fsp3) is 0.857. The van der Waals surface area contributed by atoms with E-state index in [1.807, 2.05) is 4.68 Å². The highest BCUT2D eigenvalue weighted by Gasteiger charge is 2.30. The Bertz CT molecular complexity index is 381. The predicted molar refractivity (Wildman–Crippen MR) is 73.1 cm³/mol. The van der Waals surface area contributed by atoms with E-state index in [4.69, 9.17) is 0 Å². The average Bonchev–Trinajstić information content (AvgIpc) is 2.81. The molecule has 0 saturated heterocycles. The SMILES string of the molecule is CC(C)Cn1ncnc1CNC1CCC(C)(C)C1. The first-order valence-corrected chi connectivity index (χ1v) is 7.06. The Morgan fingerprint density at radius 1 is 1.50 bits per heavy atom. The van der Waals surface area contributed by atoms with Gasteiger partial charge in [0, 0.05) is 12.6 Å². The minimum absolute atomic E-state index is 0.503. The van der Waals surface area contributed by atoms with Crippen molar-refractivity contribution in [3.05, 3.63) is 12.2 Å². The van der Waals surface area contributed by atoms with E-state index in [1.54, 1.807) is 6.33 Å². The molecule has 2 rings (SSSR count). The van der Waals surface area contributed by atoms with Crippen molar-refractivity contribution in [2.75, 3.05) is 0 Å². The van der Waals surface area contributed by atoms with Crippen LogP contribution in [0.4, 0.5) is 0 Å². The zero-order chi connectivity index (χ0) is 13.2. The molecule has 0 radical (unpaired) electrons. The third kappa shape index (κ3) is 3.55. The zero-order valence-corrected chi connectivity index (χ0v) is 12.1. The molecule has 1 atom stereocenters. The lowest BCUT2D eigenvalue weighted by atomic mass is 9.92. The summed E-state index contributed by atoms with van der Waals surface area (Å²) in [4.78, 5) is 4.36. The van der Waals surface area contributed by atoms with Gasteiger partial charge in [-0.1, -0.05) is 27.7 Å². The van der Waals surface area contributed by atoms with Crippen LogP contribution < -0.4 is 5.32 Å². The van der Waals surface area contributed by atoms with Crippen LogP contribution in [0.2, 0.25) is 0 Å². The monoisotopic (exact) mass is 250 g/mol. The lowest BCUT2D eigenvalue weighted by Gasteiger charge is -2.18. The number of rotatable bonds is 5. The van der Waals surface area contributed by atoms with Gasteiger partial charge in [0.1, 0.15) is 12.2 Å². The van der Waals surface area contributed by atoms with E-state index in [0.29, 0.717) is 17.4 Å². The van der Waals surface area contributed by atoms with Gasteiger partial charge < -0.3 is 5.32 Å². The molecule has 1 aromatic heterocycles. The van der Waals surface area contributed by atoms with Gasteiger partial charge >= 0.3 is 0 Å². The normalized spacial score (nSPS) is 22.8. The summed E-state index contributed by atoms with van der Waals surface area (Å²) in [6, 6.07) is 0.643. The van der Waals surface area contributed by atoms with Crippen LogP contribution in [0, 0.1) is 11.3 Å². The topological polar surface area (TPSA) is 42.7 Å². The molecule has 1 aliphatic rings. The number of hydrogen-bond acceptors (Lipinski definition) is 3. The maximum Gasteiger partial charge on any atom is 0.140 e. The average molecular weight is 250 g/mol. The molecule has 18 heavy (non-hydrogen) atoms. The summed E-state index contributed by atoms with van der Waals surface area (Å²) in [6.45, 7) is 10.9. The van der Waals surface area contributed by atoms with Gasteiger partial charge in [0.25, 0.3) is 0 Å². The van der Waals surface area contributed by atoms with Crippen LogP contribution >= 0.6 is 0 Å². The fourth-order valence-electron chi connectivity index (χ4n) is 2.77. The molecule has 1 aliphatic carbocycles. The predicted octanol–water partition coefficient (Wildman–Crippen LogP) is 2.60. The summed E-state index contributed by atoms with van der Waals surface area (Å²) >= 11 is 0. The van der Waals surface area contributed by atoms with Crippen molar-refractivity contribution >= 4 is 0 Å². The Labute approximate surface area is 110 Å². The Morgan fingerprint density at radius 2 is 2.28 bits per heavy atom. The minimum atomic E-state index is 0.503. The molecule has 1 heterocycles. The van der Waals surface area contributed by atoms with Crippen LogP contribution in [0.25, 0.3) is 0 Å². The van der Waals surface area contributed by atoms with E-state index in [2.05, 4.69) is 43.1 Å². The highest BCUT2D eigenvalue weighted by atomic mass is 15.3. The lowest BCUT2D eigenvalue weighted by molar-refractivity contribution is 0.361. The minimum Gasteiger partial charge on any atom is -0.307 e. The maximum atomic E-state index is 4.36. The second-order valence-electron chi connectivity index (χ2n) is 6.74. The van der Waals surface area contributed by atoms with Crippen molar-refractivity contribution < 1.29 is 0 Å². The van der Waals surface area contributed by atoms with E-state index in [1.165, 1.54) is 19.3 Å². The second kappa shape index (κ2) is 5.39. The first kappa shape index (κ1) is 13.5. The maximum absolute atomic E-state index is 4.36. The van der Waals surface area contributed by atoms with E-state index < -0.39 is 0 Å². The summed E-state index contributed by atoms with van der Waals surface area (Å²) in [5.74, 6) is 1.67. The van der Waals surface area contributed by atoms with Gasteiger partial charge in [0.15, 0.2) is 0 Å². The van der Waals surface area contributed by atoms with Crippen molar-refractivity contribution in [2.45, 2.75) is 66.1 Å². The van der Waals surface area contributed by atoms with Gasteiger partial charge in [-0.2, -0.15) is 5.10 Å². The summed E-state index contributed by atoms with van der Waals surface area (Å²) in [7, 11) is 0. The number of aromatic nitrogens is 3. The van der Waals surface area contributed by atoms with E-state index in [-0.39, 0.29) is 0 Å². The van der Waals surface area contributed by atoms with E-state index in [9.17, 15) is 0 Å². The summed E-state index contributed by atoms with van der Waals surface area (Å²) in [5, 5.41) is 7.93. The standard InChI is InChI=1S/C14H26N4/c1-11(2)9-18-13(16-10-17-18)8-15-12-5-6-14(3,4)7-12/h10-12,15H,5-9H2,1-4H3. The number of hydrogen-bond donors (Lipinski definition) is 1. The van der Waals surface area contributed by atoms with Crippen LogP contribution in [0.5, 0.6) is 0 Å². The summed E-state index contributed by atoms with van der Waals surface area (Å²) in [5.41, 5.74) is 0.503. The van der Waals surface area contributed by atoms with Crippen molar-refractivity contribution in [2.24, 2.45) is 11.3 Å². The second-order valence-corrected chi connectivity index (χ2v) is 6.74. The van der Waals surface area contributed by atoms with Gasteiger partial charge in [0.05, 0.1) is 6.54 Å². The van der Waals surface area contributed by atoms with E-state index >= 15 is 0 Å². The van der Waals surface area contributed by atoms with Crippen molar-refractivity contribution in [3.63, 3.8) is 0 Å². The number of nitrogens with one attached hydrogen (secondary N) is 1. The van der Waals surface area contributed by atoms with Crippen LogP contribution in [-0.4, -0.2) is 20.8 Å². The van der Waals surface area contributed by atoms with Crippen molar-refractivity contribution in [1.29, 1.82) is 0 Å². The van der Waals surface area contributed by atoms with Crippen LogP contribution in [0.1, 0.15) is 52.8 Å². The van der Waals surface area contributed by atoms with Gasteiger partial charge in [-0.05, 0) is 30.6 Å². The molecular formula is C14H26N4. The summed E-state index contributed by atoms with van der Waals surface area (Å²) < 4.78 is 2.03. The molecule has 0 bridgehead atoms. The third-order valence-electron chi connectivity index (χ3n) is 3.75. The van der Waals surface area contributed by atoms with Crippen LogP contribution in [-0.2, 0) is 13.1 Å². The molecule has 1 fully saturated rings. The molecule has 1 N–H and O–H groups in total.